The number of alkyl carbamates (subject to hydrolysis) is 4. The first-order valence-electron chi connectivity index (χ1n) is 43.2. The molecule has 6 aromatic rings. The van der Waals surface area contributed by atoms with Crippen LogP contribution in [0.25, 0.3) is 0 Å². The Kier molecular flexibility index (Phi) is 44.9. The molecule has 5 N–H and O–H groups in total. The summed E-state index contributed by atoms with van der Waals surface area (Å²) in [7, 11) is 0. The van der Waals surface area contributed by atoms with Crippen LogP contribution in [0, 0.1) is 5.41 Å². The van der Waals surface area contributed by atoms with Gasteiger partial charge in [-0.25, -0.2) is 28.8 Å². The molecule has 0 spiro atoms. The van der Waals surface area contributed by atoms with Crippen LogP contribution in [0.15, 0.2) is 182 Å². The van der Waals surface area contributed by atoms with Crippen molar-refractivity contribution in [3.05, 3.63) is 215 Å². The highest BCUT2D eigenvalue weighted by molar-refractivity contribution is 6.76. The summed E-state index contributed by atoms with van der Waals surface area (Å²) in [5.74, 6) is -3.08. The number of nitrogens with one attached hydrogen (secondary N) is 5. The largest absolute Gasteiger partial charge is 0.464 e. The number of alkyl halides is 15. The molecule has 0 radical (unpaired) electrons. The molecule has 139 heavy (non-hydrogen) atoms. The highest BCUT2D eigenvalue weighted by Crippen LogP contribution is 2.44. The molecule has 5 aliphatic rings. The minimum absolute atomic E-state index is 0.152. The molecule has 6 aromatic carbocycles. The minimum atomic E-state index is -2.66. The van der Waals surface area contributed by atoms with Gasteiger partial charge in [0, 0.05) is 5.56 Å². The van der Waals surface area contributed by atoms with Gasteiger partial charge in [0.25, 0.3) is 3.79 Å². The fraction of sp³-hybridized carbons (Fsp3) is 0.522. The van der Waals surface area contributed by atoms with E-state index < -0.39 is 255 Å². The van der Waals surface area contributed by atoms with Crippen LogP contribution >= 0.6 is 174 Å². The lowest BCUT2D eigenvalue weighted by atomic mass is 9.92. The van der Waals surface area contributed by atoms with Gasteiger partial charge in [-0.2, -0.15) is 0 Å². The van der Waals surface area contributed by atoms with Crippen LogP contribution in [0.2, 0.25) is 0 Å². The maximum Gasteiger partial charge on any atom is 0.407 e. The van der Waals surface area contributed by atoms with Crippen molar-refractivity contribution in [2.75, 3.05) is 66.1 Å². The summed E-state index contributed by atoms with van der Waals surface area (Å²) in [4.78, 5) is 88.5. The first-order valence-corrected chi connectivity index (χ1v) is 48.8. The molecule has 34 nitrogen and oxygen atoms in total. The molecule has 49 heteroatoms. The van der Waals surface area contributed by atoms with E-state index >= 15 is 9.59 Å². The van der Waals surface area contributed by atoms with E-state index in [-0.39, 0.29) is 46.2 Å². The van der Waals surface area contributed by atoms with E-state index in [1.54, 1.807) is 182 Å². The van der Waals surface area contributed by atoms with Crippen LogP contribution in [-0.4, -0.2) is 262 Å². The molecule has 5 fully saturated rings. The van der Waals surface area contributed by atoms with Gasteiger partial charge in [-0.05, 0) is 55.5 Å². The Balaban J connectivity index is 1.13. The quantitative estimate of drug-likeness (QED) is 0.00781. The first kappa shape index (κ1) is 114. The van der Waals surface area contributed by atoms with E-state index in [0.717, 1.165) is 0 Å². The smallest absolute Gasteiger partial charge is 0.407 e. The summed E-state index contributed by atoms with van der Waals surface area (Å²) in [5.41, 5.74) is 3.55. The molecular weight excluding hydrogens is 2150 g/mol. The van der Waals surface area contributed by atoms with Crippen LogP contribution in [0.5, 0.6) is 0 Å². The van der Waals surface area contributed by atoms with Crippen molar-refractivity contribution in [1.82, 2.24) is 21.3 Å². The molecule has 5 heterocycles. The average molecular weight is 2250 g/mol. The zero-order valence-corrected chi connectivity index (χ0v) is 85.6. The van der Waals surface area contributed by atoms with Crippen LogP contribution in [-0.2, 0) is 152 Å². The number of esters is 2. The maximum absolute atomic E-state index is 15.3. The number of ether oxygens (including phenoxy) is 23. The van der Waals surface area contributed by atoms with Gasteiger partial charge < -0.3 is 130 Å². The topological polar surface area (TPSA) is 387 Å². The first-order chi connectivity index (χ1) is 66.1. The maximum atomic E-state index is 15.3. The summed E-state index contributed by atoms with van der Waals surface area (Å²) >= 11 is 94.1. The number of halogens is 15. The van der Waals surface area contributed by atoms with E-state index in [4.69, 9.17) is 288 Å². The normalized spacial score (nSPS) is 26.7. The number of rotatable bonds is 42. The van der Waals surface area contributed by atoms with Crippen molar-refractivity contribution in [2.45, 2.75) is 221 Å². The SMILES string of the molecule is CCOC(=O)C(C)O[C@@H]1[C@@H](NC(=O)OCC(Cl)(Cl)Cl)[C@H](O[C@H]2[C@H](OCc3ccccc3)[C@@H](NC(=O)OCC(Cl)(Cl)Cl)[C@H](O[C@H]3[C@H](OC(C)C(=O)OCC)[C@@H](NC(=O)OCC(Cl)(Cl)Cl)C(OC(=N)C(Cl)(Cl)Cl)O[C@@H]3COCc3ccccc3)O[C@@H]2COCc2ccccc2)O[C@H](COCc2ccccc2)[C@H]1O[C@@H]1O[C@@H]2COC(c3ccccc3)O[C@H]2[C@H](OCc2ccccc2)[C@H]1NC(=O)OCC(Cl)(Cl)Cl. The van der Waals surface area contributed by atoms with Crippen molar-refractivity contribution >= 4 is 216 Å². The van der Waals surface area contributed by atoms with Gasteiger partial charge in [-0.1, -0.05) is 356 Å². The molecule has 4 amide bonds. The standard InChI is InChI=1S/C90H100Cl15N5O29/c1-5-120-74(111)50(3)129-72-64(109-84(115)127-48-88(97,98)99)79(132-59(43-118-38-53-27-15-8-16-28-53)68(72)138-78-63(108-83(114)126-47-87(94,95)96)71(123-41-56-33-21-11-22-34-56)67-61(134-78)45-124-76(135-67)57-35-23-12-24-36-57)136-66-58(42-117-37-52-25-13-7-14-26-52)131-77(62(107-82(113)125-46-86(91,92)93)70(66)122-40-55-31-19-10-20-32-55)137-69-60(44-119-39-54-29-17-9-18-30-54)133-80(139-81(106)90(103,104)105)65(110-85(116)128-49-89(100,101)102)73(69)130-51(4)75(112)121-6-2/h7-36,50-51,58-73,76-80,106H,5-6,37-49H2,1-4H3,(H,107,113)(H,108,114)(H,109,115)(H,110,116)/t50?,51?,58-,59-,60-,61-,62-,63-,64-,65-,66-,67-,68-,69-,70-,71-,72-,73-,76?,77+,78+,79+,80?/m1/s1. The number of carbonyl (C=O) groups is 6. The molecule has 0 aliphatic carbocycles. The second-order valence-electron chi connectivity index (χ2n) is 31.6. The number of hydrogen-bond acceptors (Lipinski definition) is 30. The van der Waals surface area contributed by atoms with Crippen molar-refractivity contribution in [2.24, 2.45) is 0 Å². The van der Waals surface area contributed by atoms with Gasteiger partial charge in [-0.15, -0.1) is 0 Å². The highest BCUT2D eigenvalue weighted by atomic mass is 35.6. The molecule has 0 saturated carbocycles. The third-order valence-electron chi connectivity index (χ3n) is 21.0. The van der Waals surface area contributed by atoms with Gasteiger partial charge >= 0.3 is 36.3 Å². The minimum Gasteiger partial charge on any atom is -0.464 e. The van der Waals surface area contributed by atoms with E-state index in [1.165, 1.54) is 27.7 Å². The monoisotopic (exact) mass is 2240 g/mol. The van der Waals surface area contributed by atoms with Gasteiger partial charge in [-0.3, -0.25) is 5.41 Å². The predicted octanol–water partition coefficient (Wildman–Crippen LogP) is 16.9. The van der Waals surface area contributed by atoms with Crippen molar-refractivity contribution < 1.29 is 138 Å². The van der Waals surface area contributed by atoms with Crippen LogP contribution < -0.4 is 21.3 Å². The molecule has 23 atom stereocenters. The van der Waals surface area contributed by atoms with Gasteiger partial charge in [0.1, 0.15) is 124 Å². The van der Waals surface area contributed by atoms with Crippen LogP contribution in [0.1, 0.15) is 67.4 Å². The van der Waals surface area contributed by atoms with E-state index in [2.05, 4.69) is 21.3 Å². The summed E-state index contributed by atoms with van der Waals surface area (Å²) < 4.78 is 140. The fourth-order valence-corrected chi connectivity index (χ4v) is 15.7. The lowest BCUT2D eigenvalue weighted by Crippen LogP contribution is -2.73. The Morgan fingerprint density at radius 2 is 0.662 bits per heavy atom. The molecule has 11 rings (SSSR count). The Bertz CT molecular complexity index is 4800. The Morgan fingerprint density at radius 3 is 1.00 bits per heavy atom. The Labute approximate surface area is 875 Å². The van der Waals surface area contributed by atoms with E-state index in [9.17, 15) is 19.2 Å². The average Bonchev–Trinajstić information content (AvgIpc) is 0.760. The second kappa shape index (κ2) is 54.8. The summed E-state index contributed by atoms with van der Waals surface area (Å²) in [5, 5.41) is 19.9. The summed E-state index contributed by atoms with van der Waals surface area (Å²) in [6, 6.07) is 45.2. The second-order valence-corrected chi connectivity index (χ2v) is 43.9. The van der Waals surface area contributed by atoms with E-state index in [1.807, 2.05) is 0 Å². The Hall–Kier alpha value is -5.48. The predicted molar refractivity (Wildman–Crippen MR) is 513 cm³/mol. The zero-order valence-electron chi connectivity index (χ0n) is 74.2. The molecule has 0 aromatic heterocycles. The van der Waals surface area contributed by atoms with Gasteiger partial charge in [0.2, 0.25) is 27.4 Å². The molecule has 5 aliphatic heterocycles. The number of benzene rings is 6. The third kappa shape index (κ3) is 36.8. The molecule has 4 unspecified atom stereocenters. The van der Waals surface area contributed by atoms with E-state index in [0.29, 0.717) is 33.4 Å². The van der Waals surface area contributed by atoms with Crippen LogP contribution in [0.4, 0.5) is 19.2 Å². The molecular formula is C90H100Cl15N5O29. The number of carbonyl (C=O) groups excluding carboxylic acids is 6. The number of hydrogen-bond donors (Lipinski definition) is 5. The molecule has 0 bridgehead atoms. The van der Waals surface area contributed by atoms with Gasteiger partial charge in [0.05, 0.1) is 72.7 Å². The Morgan fingerprint density at radius 1 is 0.367 bits per heavy atom. The van der Waals surface area contributed by atoms with Gasteiger partial charge in [0.15, 0.2) is 37.4 Å². The van der Waals surface area contributed by atoms with Crippen LogP contribution in [0.3, 0.4) is 0 Å². The number of fused-ring (bicyclic) bond motifs is 1. The molecule has 764 valence electrons. The highest BCUT2D eigenvalue weighted by Gasteiger charge is 2.61. The lowest BCUT2D eigenvalue weighted by molar-refractivity contribution is -0.381. The lowest BCUT2D eigenvalue weighted by Gasteiger charge is -2.53. The molecule has 5 saturated heterocycles. The fourth-order valence-electron chi connectivity index (χ4n) is 14.9. The summed E-state index contributed by atoms with van der Waals surface area (Å²) in [6.07, 6.45) is -38.3. The van der Waals surface area contributed by atoms with Crippen molar-refractivity contribution in [1.29, 1.82) is 5.41 Å². The third-order valence-corrected chi connectivity index (χ3v) is 22.9. The summed E-state index contributed by atoms with van der Waals surface area (Å²) in [6.45, 7) is -1.46. The number of amides is 4. The zero-order chi connectivity index (χ0) is 100. The van der Waals surface area contributed by atoms with Crippen molar-refractivity contribution in [3.8, 4) is 0 Å². The van der Waals surface area contributed by atoms with Crippen molar-refractivity contribution in [3.63, 3.8) is 0 Å².